The third kappa shape index (κ3) is 2.23. The van der Waals surface area contributed by atoms with Gasteiger partial charge in [0, 0.05) is 19.9 Å². The largest absolute Gasteiger partial charge is 0.274 e. The number of carbonyl (C=O) groups is 2. The number of rotatable bonds is 1. The lowest BCUT2D eigenvalue weighted by Gasteiger charge is -2.18. The summed E-state index contributed by atoms with van der Waals surface area (Å²) in [7, 11) is 0. The second-order valence-electron chi connectivity index (χ2n) is 3.07. The molecule has 0 bridgehead atoms. The van der Waals surface area contributed by atoms with Crippen LogP contribution >= 0.6 is 0 Å². The number of benzene rings is 1. The molecule has 1 aromatic carbocycles. The predicted molar refractivity (Wildman–Crippen MR) is 53.8 cm³/mol. The molecule has 0 aliphatic rings. The van der Waals surface area contributed by atoms with E-state index in [9.17, 15) is 14.0 Å². The van der Waals surface area contributed by atoms with E-state index in [-0.39, 0.29) is 11.3 Å². The molecule has 1 aromatic rings. The van der Waals surface area contributed by atoms with E-state index in [4.69, 9.17) is 5.26 Å². The summed E-state index contributed by atoms with van der Waals surface area (Å²) < 4.78 is 12.8. The number of amides is 2. The lowest BCUT2D eigenvalue weighted by Crippen LogP contribution is -2.33. The maximum atomic E-state index is 12.8. The van der Waals surface area contributed by atoms with Crippen molar-refractivity contribution in [2.75, 3.05) is 4.90 Å². The quantitative estimate of drug-likeness (QED) is 0.717. The fraction of sp³-hybridized carbons (Fsp3) is 0.182. The van der Waals surface area contributed by atoms with E-state index in [2.05, 4.69) is 6.07 Å². The SMILES string of the molecule is CC(=O)N(C(C)=O)c1c[c]c(F)cc1C#N. The van der Waals surface area contributed by atoms with Crippen LogP contribution in [0.4, 0.5) is 10.1 Å². The Morgan fingerprint density at radius 2 is 2.00 bits per heavy atom. The summed E-state index contributed by atoms with van der Waals surface area (Å²) in [5, 5.41) is 8.78. The summed E-state index contributed by atoms with van der Waals surface area (Å²) in [6.07, 6.45) is 0. The molecule has 0 aromatic heterocycles. The number of nitriles is 1. The smallest absolute Gasteiger partial charge is 0.230 e. The monoisotopic (exact) mass is 219 g/mol. The van der Waals surface area contributed by atoms with Gasteiger partial charge in [-0.25, -0.2) is 9.29 Å². The zero-order valence-corrected chi connectivity index (χ0v) is 8.74. The van der Waals surface area contributed by atoms with Crippen LogP contribution in [-0.2, 0) is 9.59 Å². The van der Waals surface area contributed by atoms with Crippen LogP contribution in [0.3, 0.4) is 0 Å². The second kappa shape index (κ2) is 4.53. The van der Waals surface area contributed by atoms with Gasteiger partial charge in [0.1, 0.15) is 11.9 Å². The zero-order valence-electron chi connectivity index (χ0n) is 8.74. The van der Waals surface area contributed by atoms with Crippen molar-refractivity contribution < 1.29 is 14.0 Å². The molecule has 0 unspecified atom stereocenters. The molecule has 81 valence electrons. The molecule has 1 radical (unpaired) electrons. The van der Waals surface area contributed by atoms with Crippen LogP contribution in [0, 0.1) is 23.2 Å². The van der Waals surface area contributed by atoms with E-state index in [1.54, 1.807) is 6.07 Å². The highest BCUT2D eigenvalue weighted by atomic mass is 19.1. The molecule has 1 rings (SSSR count). The molecule has 0 aliphatic heterocycles. The van der Waals surface area contributed by atoms with Crippen LogP contribution in [0.25, 0.3) is 0 Å². The first kappa shape index (κ1) is 11.9. The minimum absolute atomic E-state index is 0.0453. The molecule has 0 spiro atoms. The van der Waals surface area contributed by atoms with Gasteiger partial charge in [0.2, 0.25) is 11.8 Å². The first-order valence-electron chi connectivity index (χ1n) is 4.40. The standard InChI is InChI=1S/C11H8FN2O2/c1-7(15)14(8(2)16)11-4-3-10(12)5-9(11)6-13/h4-5H,1-2H3. The number of halogens is 1. The van der Waals surface area contributed by atoms with E-state index in [1.807, 2.05) is 0 Å². The van der Waals surface area contributed by atoms with Gasteiger partial charge in [-0.3, -0.25) is 9.59 Å². The molecule has 0 saturated carbocycles. The summed E-state index contributed by atoms with van der Waals surface area (Å²) in [4.78, 5) is 23.3. The Labute approximate surface area is 91.9 Å². The van der Waals surface area contributed by atoms with E-state index in [1.165, 1.54) is 13.8 Å². The van der Waals surface area contributed by atoms with Crippen molar-refractivity contribution in [1.29, 1.82) is 5.26 Å². The zero-order chi connectivity index (χ0) is 12.3. The van der Waals surface area contributed by atoms with Crippen molar-refractivity contribution in [1.82, 2.24) is 0 Å². The summed E-state index contributed by atoms with van der Waals surface area (Å²) >= 11 is 0. The topological polar surface area (TPSA) is 61.2 Å². The van der Waals surface area contributed by atoms with Crippen molar-refractivity contribution in [3.05, 3.63) is 29.6 Å². The van der Waals surface area contributed by atoms with Gasteiger partial charge in [-0.1, -0.05) is 0 Å². The molecule has 0 saturated heterocycles. The Hall–Kier alpha value is -2.22. The van der Waals surface area contributed by atoms with E-state index in [0.29, 0.717) is 0 Å². The third-order valence-electron chi connectivity index (χ3n) is 1.88. The predicted octanol–water partition coefficient (Wildman–Crippen LogP) is 1.40. The van der Waals surface area contributed by atoms with Crippen LogP contribution in [0.5, 0.6) is 0 Å². The van der Waals surface area contributed by atoms with E-state index < -0.39 is 17.6 Å². The average Bonchev–Trinajstić information content (AvgIpc) is 2.19. The molecule has 0 heterocycles. The number of hydrogen-bond donors (Lipinski definition) is 0. The molecule has 16 heavy (non-hydrogen) atoms. The first-order chi connectivity index (χ1) is 7.47. The first-order valence-corrected chi connectivity index (χ1v) is 4.40. The van der Waals surface area contributed by atoms with Crippen LogP contribution in [0.1, 0.15) is 19.4 Å². The van der Waals surface area contributed by atoms with Crippen molar-refractivity contribution in [3.8, 4) is 6.07 Å². The van der Waals surface area contributed by atoms with Crippen molar-refractivity contribution in [2.24, 2.45) is 0 Å². The average molecular weight is 219 g/mol. The number of nitrogens with zero attached hydrogens (tertiary/aromatic N) is 2. The third-order valence-corrected chi connectivity index (χ3v) is 1.88. The van der Waals surface area contributed by atoms with Gasteiger partial charge in [0.05, 0.1) is 11.3 Å². The highest BCUT2D eigenvalue weighted by molar-refractivity contribution is 6.13. The van der Waals surface area contributed by atoms with Gasteiger partial charge in [0.15, 0.2) is 0 Å². The molecule has 0 N–H and O–H groups in total. The Kier molecular flexibility index (Phi) is 3.36. The number of hydrogen-bond acceptors (Lipinski definition) is 3. The van der Waals surface area contributed by atoms with Crippen molar-refractivity contribution >= 4 is 17.5 Å². The van der Waals surface area contributed by atoms with Crippen molar-refractivity contribution in [3.63, 3.8) is 0 Å². The summed E-state index contributed by atoms with van der Waals surface area (Å²) in [6, 6.07) is 5.95. The summed E-state index contributed by atoms with van der Waals surface area (Å²) in [6.45, 7) is 2.37. The number of imide groups is 1. The molecule has 4 nitrogen and oxygen atoms in total. The Morgan fingerprint density at radius 3 is 2.44 bits per heavy atom. The maximum absolute atomic E-state index is 12.8. The van der Waals surface area contributed by atoms with Gasteiger partial charge in [-0.2, -0.15) is 5.26 Å². The van der Waals surface area contributed by atoms with E-state index >= 15 is 0 Å². The molecule has 2 amide bonds. The highest BCUT2D eigenvalue weighted by Crippen LogP contribution is 2.21. The molecule has 0 fully saturated rings. The maximum Gasteiger partial charge on any atom is 0.230 e. The lowest BCUT2D eigenvalue weighted by molar-refractivity contribution is -0.124. The molecule has 5 heteroatoms. The number of carbonyl (C=O) groups excluding carboxylic acids is 2. The Balaban J connectivity index is 3.36. The normalized spacial score (nSPS) is 9.38. The van der Waals surface area contributed by atoms with Crippen LogP contribution in [0.2, 0.25) is 0 Å². The van der Waals surface area contributed by atoms with Gasteiger partial charge >= 0.3 is 0 Å². The minimum Gasteiger partial charge on any atom is -0.274 e. The molecular weight excluding hydrogens is 211 g/mol. The fourth-order valence-electron chi connectivity index (χ4n) is 1.29. The Morgan fingerprint density at radius 1 is 1.44 bits per heavy atom. The van der Waals surface area contributed by atoms with Gasteiger partial charge in [0.25, 0.3) is 0 Å². The van der Waals surface area contributed by atoms with Crippen LogP contribution < -0.4 is 4.90 Å². The lowest BCUT2D eigenvalue weighted by atomic mass is 10.1. The minimum atomic E-state index is -0.715. The number of anilines is 1. The fourth-order valence-corrected chi connectivity index (χ4v) is 1.29. The summed E-state index contributed by atoms with van der Waals surface area (Å²) in [5.41, 5.74) is -0.0365. The molecule has 0 atom stereocenters. The van der Waals surface area contributed by atoms with E-state index in [0.717, 1.165) is 17.0 Å². The summed E-state index contributed by atoms with van der Waals surface area (Å²) in [5.74, 6) is -1.79. The van der Waals surface area contributed by atoms with Gasteiger partial charge in [-0.05, 0) is 12.1 Å². The van der Waals surface area contributed by atoms with Crippen LogP contribution in [0.15, 0.2) is 12.1 Å². The van der Waals surface area contributed by atoms with Crippen molar-refractivity contribution in [2.45, 2.75) is 13.8 Å². The molecular formula is C11H8FN2O2. The van der Waals surface area contributed by atoms with Gasteiger partial charge in [-0.15, -0.1) is 0 Å². The second-order valence-corrected chi connectivity index (χ2v) is 3.07. The highest BCUT2D eigenvalue weighted by Gasteiger charge is 2.19. The van der Waals surface area contributed by atoms with Gasteiger partial charge < -0.3 is 0 Å². The molecule has 0 aliphatic carbocycles. The van der Waals surface area contributed by atoms with Crippen LogP contribution in [-0.4, -0.2) is 11.8 Å². The Bertz CT molecular complexity index is 477.